The molecule has 1 rings (SSSR count). The SMILES string of the molecule is COC(=O)CN.Cc1ccc(Br)c(F)c1. The third kappa shape index (κ3) is 6.19. The Morgan fingerprint density at radius 1 is 1.60 bits per heavy atom. The number of benzene rings is 1. The van der Waals surface area contributed by atoms with Gasteiger partial charge in [0.1, 0.15) is 5.82 Å². The van der Waals surface area contributed by atoms with Crippen LogP contribution in [0.3, 0.4) is 0 Å². The molecular weight excluding hydrogens is 265 g/mol. The lowest BCUT2D eigenvalue weighted by Crippen LogP contribution is -2.14. The van der Waals surface area contributed by atoms with Crippen molar-refractivity contribution in [1.29, 1.82) is 0 Å². The molecule has 0 aromatic heterocycles. The van der Waals surface area contributed by atoms with Crippen LogP contribution in [0.2, 0.25) is 0 Å². The molecule has 84 valence electrons. The first kappa shape index (κ1) is 14.1. The average Bonchev–Trinajstić information content (AvgIpc) is 2.23. The van der Waals surface area contributed by atoms with Crippen molar-refractivity contribution in [2.75, 3.05) is 13.7 Å². The molecule has 0 aliphatic heterocycles. The number of carbonyl (C=O) groups is 1. The van der Waals surface area contributed by atoms with Crippen LogP contribution in [0.25, 0.3) is 0 Å². The largest absolute Gasteiger partial charge is 0.468 e. The Labute approximate surface area is 96.5 Å². The number of ether oxygens (including phenoxy) is 1. The molecule has 1 aromatic carbocycles. The summed E-state index contributed by atoms with van der Waals surface area (Å²) in [6.07, 6.45) is 0. The maximum atomic E-state index is 12.5. The van der Waals surface area contributed by atoms with Gasteiger partial charge in [0, 0.05) is 0 Å². The van der Waals surface area contributed by atoms with Gasteiger partial charge in [0.05, 0.1) is 18.1 Å². The number of esters is 1. The fourth-order valence-corrected chi connectivity index (χ4v) is 0.931. The van der Waals surface area contributed by atoms with Gasteiger partial charge in [0.2, 0.25) is 0 Å². The maximum absolute atomic E-state index is 12.5. The maximum Gasteiger partial charge on any atom is 0.319 e. The molecule has 3 nitrogen and oxygen atoms in total. The van der Waals surface area contributed by atoms with Crippen LogP contribution in [0.5, 0.6) is 0 Å². The lowest BCUT2D eigenvalue weighted by molar-refractivity contribution is -0.138. The molecule has 0 heterocycles. The highest BCUT2D eigenvalue weighted by Crippen LogP contribution is 2.15. The molecular formula is C10H13BrFNO2. The monoisotopic (exact) mass is 277 g/mol. The van der Waals surface area contributed by atoms with E-state index < -0.39 is 0 Å². The summed E-state index contributed by atoms with van der Waals surface area (Å²) in [7, 11) is 1.30. The molecule has 5 heteroatoms. The normalized spacial score (nSPS) is 8.87. The smallest absolute Gasteiger partial charge is 0.319 e. The summed E-state index contributed by atoms with van der Waals surface area (Å²) >= 11 is 3.05. The van der Waals surface area contributed by atoms with Gasteiger partial charge in [0.25, 0.3) is 0 Å². The highest BCUT2D eigenvalue weighted by atomic mass is 79.9. The molecule has 0 aliphatic carbocycles. The van der Waals surface area contributed by atoms with Gasteiger partial charge >= 0.3 is 5.97 Å². The van der Waals surface area contributed by atoms with E-state index in [2.05, 4.69) is 20.7 Å². The van der Waals surface area contributed by atoms with Crippen molar-refractivity contribution >= 4 is 21.9 Å². The summed E-state index contributed by atoms with van der Waals surface area (Å²) in [5.41, 5.74) is 5.75. The van der Waals surface area contributed by atoms with Crippen LogP contribution < -0.4 is 5.73 Å². The fraction of sp³-hybridized carbons (Fsp3) is 0.300. The summed E-state index contributed by atoms with van der Waals surface area (Å²) in [6, 6.07) is 5.04. The van der Waals surface area contributed by atoms with Gasteiger partial charge in [-0.25, -0.2) is 4.39 Å². The van der Waals surface area contributed by atoms with Crippen molar-refractivity contribution in [3.05, 3.63) is 34.1 Å². The Morgan fingerprint density at radius 3 is 2.47 bits per heavy atom. The zero-order valence-corrected chi connectivity index (χ0v) is 10.2. The van der Waals surface area contributed by atoms with Gasteiger partial charge in [0.15, 0.2) is 0 Å². The van der Waals surface area contributed by atoms with Crippen molar-refractivity contribution in [3.63, 3.8) is 0 Å². The van der Waals surface area contributed by atoms with E-state index in [0.717, 1.165) is 5.56 Å². The van der Waals surface area contributed by atoms with Crippen molar-refractivity contribution in [1.82, 2.24) is 0 Å². The number of hydrogen-bond acceptors (Lipinski definition) is 3. The van der Waals surface area contributed by atoms with E-state index in [-0.39, 0.29) is 18.3 Å². The molecule has 2 N–H and O–H groups in total. The molecule has 0 spiro atoms. The van der Waals surface area contributed by atoms with Gasteiger partial charge in [-0.2, -0.15) is 0 Å². The van der Waals surface area contributed by atoms with Crippen LogP contribution >= 0.6 is 15.9 Å². The van der Waals surface area contributed by atoms with Crippen LogP contribution in [0.4, 0.5) is 4.39 Å². The zero-order chi connectivity index (χ0) is 11.8. The molecule has 0 fully saturated rings. The first-order valence-electron chi connectivity index (χ1n) is 4.19. The molecule has 0 radical (unpaired) electrons. The molecule has 15 heavy (non-hydrogen) atoms. The molecule has 1 aromatic rings. The second-order valence-electron chi connectivity index (χ2n) is 2.70. The Bertz CT molecular complexity index is 325. The van der Waals surface area contributed by atoms with Crippen LogP contribution in [0.15, 0.2) is 22.7 Å². The summed E-state index contributed by atoms with van der Waals surface area (Å²) in [5.74, 6) is -0.579. The minimum atomic E-state index is -0.380. The third-order valence-electron chi connectivity index (χ3n) is 1.47. The minimum Gasteiger partial charge on any atom is -0.468 e. The van der Waals surface area contributed by atoms with E-state index >= 15 is 0 Å². The number of aryl methyl sites for hydroxylation is 1. The lowest BCUT2D eigenvalue weighted by atomic mass is 10.2. The van der Waals surface area contributed by atoms with Gasteiger partial charge < -0.3 is 10.5 Å². The summed E-state index contributed by atoms with van der Waals surface area (Å²) in [5, 5.41) is 0. The molecule has 0 atom stereocenters. The molecule has 0 saturated carbocycles. The predicted octanol–water partition coefficient (Wildman–Crippen LogP) is 2.01. The topological polar surface area (TPSA) is 52.3 Å². The number of nitrogens with two attached hydrogens (primary N) is 1. The highest BCUT2D eigenvalue weighted by molar-refractivity contribution is 9.10. The first-order chi connectivity index (χ1) is 7.01. The second-order valence-corrected chi connectivity index (χ2v) is 3.55. The lowest BCUT2D eigenvalue weighted by Gasteiger charge is -1.93. The summed E-state index contributed by atoms with van der Waals surface area (Å²) < 4.78 is 17.2. The summed E-state index contributed by atoms with van der Waals surface area (Å²) in [4.78, 5) is 9.83. The number of halogens is 2. The van der Waals surface area contributed by atoms with Crippen molar-refractivity contribution in [2.24, 2.45) is 5.73 Å². The van der Waals surface area contributed by atoms with E-state index in [1.165, 1.54) is 13.2 Å². The number of hydrogen-bond donors (Lipinski definition) is 1. The highest BCUT2D eigenvalue weighted by Gasteiger charge is 1.95. The quantitative estimate of drug-likeness (QED) is 0.799. The number of rotatable bonds is 1. The van der Waals surface area contributed by atoms with Crippen LogP contribution in [-0.2, 0) is 9.53 Å². The molecule has 0 bridgehead atoms. The van der Waals surface area contributed by atoms with Crippen molar-refractivity contribution in [2.45, 2.75) is 6.92 Å². The molecule has 0 amide bonds. The van der Waals surface area contributed by atoms with Crippen LogP contribution in [-0.4, -0.2) is 19.6 Å². The number of methoxy groups -OCH3 is 1. The Kier molecular flexibility index (Phi) is 6.90. The Hall–Kier alpha value is -0.940. The van der Waals surface area contributed by atoms with Crippen molar-refractivity contribution < 1.29 is 13.9 Å². The minimum absolute atomic E-state index is 0.0312. The molecule has 0 saturated heterocycles. The van der Waals surface area contributed by atoms with Gasteiger partial charge in [-0.15, -0.1) is 0 Å². The number of carbonyl (C=O) groups excluding carboxylic acids is 1. The van der Waals surface area contributed by atoms with E-state index in [0.29, 0.717) is 4.47 Å². The third-order valence-corrected chi connectivity index (χ3v) is 2.11. The van der Waals surface area contributed by atoms with E-state index in [4.69, 9.17) is 5.73 Å². The van der Waals surface area contributed by atoms with Gasteiger partial charge in [-0.3, -0.25) is 4.79 Å². The zero-order valence-electron chi connectivity index (χ0n) is 8.59. The fourth-order valence-electron chi connectivity index (χ4n) is 0.684. The van der Waals surface area contributed by atoms with Crippen molar-refractivity contribution in [3.8, 4) is 0 Å². The standard InChI is InChI=1S/C7H6BrF.C3H7NO2/c1-5-2-3-6(8)7(9)4-5;1-6-3(5)2-4/h2-4H,1H3;2,4H2,1H3. The van der Waals surface area contributed by atoms with Crippen LogP contribution in [0, 0.1) is 12.7 Å². The van der Waals surface area contributed by atoms with Gasteiger partial charge in [-0.05, 0) is 40.5 Å². The van der Waals surface area contributed by atoms with Gasteiger partial charge in [-0.1, -0.05) is 6.07 Å². The Morgan fingerprint density at radius 2 is 2.20 bits per heavy atom. The van der Waals surface area contributed by atoms with E-state index in [9.17, 15) is 9.18 Å². The predicted molar refractivity (Wildman–Crippen MR) is 59.9 cm³/mol. The molecule has 0 unspecified atom stereocenters. The summed E-state index contributed by atoms with van der Waals surface area (Å²) in [6.45, 7) is 1.83. The second kappa shape index (κ2) is 7.36. The first-order valence-corrected chi connectivity index (χ1v) is 4.99. The molecule has 0 aliphatic rings. The van der Waals surface area contributed by atoms with E-state index in [1.54, 1.807) is 6.07 Å². The van der Waals surface area contributed by atoms with E-state index in [1.807, 2.05) is 13.0 Å². The average molecular weight is 278 g/mol. The Balaban J connectivity index is 0.000000288. The van der Waals surface area contributed by atoms with Crippen LogP contribution in [0.1, 0.15) is 5.56 Å².